The highest BCUT2D eigenvalue weighted by atomic mass is 35.5. The second kappa shape index (κ2) is 9.82. The lowest BCUT2D eigenvalue weighted by atomic mass is 10.0. The van der Waals surface area contributed by atoms with Crippen LogP contribution in [0.25, 0.3) is 0 Å². The van der Waals surface area contributed by atoms with Crippen LogP contribution in [0.2, 0.25) is 5.02 Å². The highest BCUT2D eigenvalue weighted by Crippen LogP contribution is 2.31. The van der Waals surface area contributed by atoms with E-state index in [1.54, 1.807) is 32.0 Å². The zero-order chi connectivity index (χ0) is 22.5. The summed E-state index contributed by atoms with van der Waals surface area (Å²) in [7, 11) is -2.73. The van der Waals surface area contributed by atoms with Crippen molar-refractivity contribution in [2.45, 2.75) is 31.7 Å². The maximum absolute atomic E-state index is 12.9. The number of carbonyl (C=O) groups excluding carboxylic acids is 2. The summed E-state index contributed by atoms with van der Waals surface area (Å²) in [6.45, 7) is 4.90. The van der Waals surface area contributed by atoms with E-state index in [1.807, 2.05) is 0 Å². The van der Waals surface area contributed by atoms with Crippen LogP contribution < -0.4 is 20.1 Å². The van der Waals surface area contributed by atoms with Crippen molar-refractivity contribution in [3.05, 3.63) is 47.5 Å². The fourth-order valence-electron chi connectivity index (χ4n) is 2.68. The molecule has 2 rings (SSSR count). The Morgan fingerprint density at radius 2 is 1.77 bits per heavy atom. The Morgan fingerprint density at radius 1 is 1.10 bits per heavy atom. The van der Waals surface area contributed by atoms with E-state index < -0.39 is 22.0 Å². The number of sulfonamides is 1. The Morgan fingerprint density at radius 3 is 2.33 bits per heavy atom. The van der Waals surface area contributed by atoms with Crippen LogP contribution in [0.3, 0.4) is 0 Å². The molecule has 2 amide bonds. The lowest BCUT2D eigenvalue weighted by molar-refractivity contribution is -0.126. The van der Waals surface area contributed by atoms with Crippen molar-refractivity contribution >= 4 is 44.8 Å². The molecule has 0 radical (unpaired) electrons. The molecule has 1 atom stereocenters. The summed E-state index contributed by atoms with van der Waals surface area (Å²) in [5.41, 5.74) is 0.442. The molecule has 0 spiro atoms. The third kappa shape index (κ3) is 5.87. The molecular formula is C20H24ClN3O5S. The molecule has 0 aliphatic rings. The number of anilines is 2. The van der Waals surface area contributed by atoms with Crippen molar-refractivity contribution in [3.8, 4) is 5.75 Å². The van der Waals surface area contributed by atoms with Crippen molar-refractivity contribution < 1.29 is 22.7 Å². The molecule has 0 fully saturated rings. The van der Waals surface area contributed by atoms with Crippen LogP contribution in [0.5, 0.6) is 5.75 Å². The van der Waals surface area contributed by atoms with Gasteiger partial charge in [-0.3, -0.25) is 14.3 Å². The van der Waals surface area contributed by atoms with Crippen molar-refractivity contribution in [1.29, 1.82) is 0 Å². The smallest absolute Gasteiger partial charge is 0.265 e. The van der Waals surface area contributed by atoms with Gasteiger partial charge in [0.1, 0.15) is 16.7 Å². The van der Waals surface area contributed by atoms with Gasteiger partial charge in [0.15, 0.2) is 0 Å². The van der Waals surface area contributed by atoms with Crippen molar-refractivity contribution in [2.75, 3.05) is 17.1 Å². The molecular weight excluding hydrogens is 430 g/mol. The van der Waals surface area contributed by atoms with Gasteiger partial charge in [-0.2, -0.15) is 0 Å². The average Bonchev–Trinajstić information content (AvgIpc) is 2.67. The molecule has 0 heterocycles. The van der Waals surface area contributed by atoms with Gasteiger partial charge in [-0.15, -0.1) is 0 Å². The number of methoxy groups -OCH3 is 1. The van der Waals surface area contributed by atoms with E-state index in [9.17, 15) is 18.0 Å². The fraction of sp³-hybridized carbons (Fsp3) is 0.300. The van der Waals surface area contributed by atoms with Crippen LogP contribution in [-0.4, -0.2) is 33.4 Å². The molecule has 2 aromatic rings. The second-order valence-electron chi connectivity index (χ2n) is 6.86. The number of halogens is 1. The predicted octanol–water partition coefficient (Wildman–Crippen LogP) is 3.25. The predicted molar refractivity (Wildman–Crippen MR) is 116 cm³/mol. The maximum Gasteiger partial charge on any atom is 0.265 e. The number of carbonyl (C=O) groups is 2. The van der Waals surface area contributed by atoms with Crippen LogP contribution >= 0.6 is 11.6 Å². The van der Waals surface area contributed by atoms with Gasteiger partial charge < -0.3 is 15.4 Å². The zero-order valence-electron chi connectivity index (χ0n) is 17.0. The van der Waals surface area contributed by atoms with Gasteiger partial charge in [-0.05, 0) is 36.2 Å². The summed E-state index contributed by atoms with van der Waals surface area (Å²) in [6.07, 6.45) is 0. The van der Waals surface area contributed by atoms with Gasteiger partial charge >= 0.3 is 0 Å². The molecule has 0 bridgehead atoms. The van der Waals surface area contributed by atoms with E-state index in [0.717, 1.165) is 0 Å². The number of hydrogen-bond donors (Lipinski definition) is 3. The molecule has 0 saturated carbocycles. The monoisotopic (exact) mass is 453 g/mol. The molecule has 0 aromatic heterocycles. The van der Waals surface area contributed by atoms with E-state index in [4.69, 9.17) is 16.3 Å². The van der Waals surface area contributed by atoms with Gasteiger partial charge in [0, 0.05) is 12.6 Å². The first-order valence-electron chi connectivity index (χ1n) is 9.08. The van der Waals surface area contributed by atoms with Crippen LogP contribution in [0.1, 0.15) is 20.8 Å². The maximum atomic E-state index is 12.9. The summed E-state index contributed by atoms with van der Waals surface area (Å²) in [5, 5.41) is 5.46. The zero-order valence-corrected chi connectivity index (χ0v) is 18.6. The molecule has 30 heavy (non-hydrogen) atoms. The summed E-state index contributed by atoms with van der Waals surface area (Å²) in [5.74, 6) is -0.884. The lowest BCUT2D eigenvalue weighted by Gasteiger charge is -2.21. The number of amides is 2. The minimum atomic E-state index is -4.07. The number of hydrogen-bond acceptors (Lipinski definition) is 5. The Kier molecular flexibility index (Phi) is 7.69. The number of benzene rings is 2. The largest absolute Gasteiger partial charge is 0.495 e. The molecule has 0 aliphatic carbocycles. The molecule has 1 unspecified atom stereocenters. The highest BCUT2D eigenvalue weighted by molar-refractivity contribution is 7.92. The SMILES string of the molecule is COc1ccc(NC(=O)C(NC(C)=O)C(C)C)cc1S(=O)(=O)Nc1ccccc1Cl. The molecule has 8 nitrogen and oxygen atoms in total. The number of para-hydroxylation sites is 1. The van der Waals surface area contributed by atoms with Gasteiger partial charge in [0.2, 0.25) is 11.8 Å². The van der Waals surface area contributed by atoms with Crippen LogP contribution in [0.4, 0.5) is 11.4 Å². The molecule has 3 N–H and O–H groups in total. The molecule has 0 saturated heterocycles. The van der Waals surface area contributed by atoms with Gasteiger partial charge in [0.05, 0.1) is 17.8 Å². The Balaban J connectivity index is 2.36. The third-order valence-corrected chi connectivity index (χ3v) is 5.86. The van der Waals surface area contributed by atoms with E-state index >= 15 is 0 Å². The first-order chi connectivity index (χ1) is 14.0. The first kappa shape index (κ1) is 23.5. The second-order valence-corrected chi connectivity index (χ2v) is 8.92. The number of rotatable bonds is 8. The lowest BCUT2D eigenvalue weighted by Crippen LogP contribution is -2.46. The van der Waals surface area contributed by atoms with Crippen LogP contribution in [0, 0.1) is 5.92 Å². The van der Waals surface area contributed by atoms with E-state index in [0.29, 0.717) is 0 Å². The number of ether oxygens (including phenoxy) is 1. The minimum Gasteiger partial charge on any atom is -0.495 e. The Labute approximate surface area is 181 Å². The molecule has 162 valence electrons. The van der Waals surface area contributed by atoms with E-state index in [-0.39, 0.29) is 38.9 Å². The molecule has 2 aromatic carbocycles. The van der Waals surface area contributed by atoms with Crippen molar-refractivity contribution in [3.63, 3.8) is 0 Å². The van der Waals surface area contributed by atoms with Crippen molar-refractivity contribution in [1.82, 2.24) is 5.32 Å². The number of nitrogens with one attached hydrogen (secondary N) is 3. The third-order valence-electron chi connectivity index (χ3n) is 4.15. The summed E-state index contributed by atoms with van der Waals surface area (Å²) >= 11 is 6.05. The summed E-state index contributed by atoms with van der Waals surface area (Å²) in [4.78, 5) is 23.8. The van der Waals surface area contributed by atoms with Gasteiger partial charge in [0.25, 0.3) is 10.0 Å². The normalized spacial score (nSPS) is 12.2. The standard InChI is InChI=1S/C20H24ClN3O5S/c1-12(2)19(22-13(3)25)20(26)23-14-9-10-17(29-4)18(11-14)30(27,28)24-16-8-6-5-7-15(16)21/h5-12,19,24H,1-4H3,(H,22,25)(H,23,26). The highest BCUT2D eigenvalue weighted by Gasteiger charge is 2.25. The summed E-state index contributed by atoms with van der Waals surface area (Å²) < 4.78 is 33.5. The quantitative estimate of drug-likeness (QED) is 0.567. The summed E-state index contributed by atoms with van der Waals surface area (Å²) in [6, 6.07) is 9.85. The van der Waals surface area contributed by atoms with Crippen molar-refractivity contribution in [2.24, 2.45) is 5.92 Å². The van der Waals surface area contributed by atoms with Crippen LogP contribution in [-0.2, 0) is 19.6 Å². The van der Waals surface area contributed by atoms with Gasteiger partial charge in [-0.1, -0.05) is 37.6 Å². The van der Waals surface area contributed by atoms with Gasteiger partial charge in [-0.25, -0.2) is 8.42 Å². The topological polar surface area (TPSA) is 114 Å². The minimum absolute atomic E-state index is 0.0924. The van der Waals surface area contributed by atoms with E-state index in [1.165, 1.54) is 38.3 Å². The molecule has 10 heteroatoms. The molecule has 0 aliphatic heterocycles. The fourth-order valence-corrected chi connectivity index (χ4v) is 4.20. The first-order valence-corrected chi connectivity index (χ1v) is 10.9. The average molecular weight is 454 g/mol. The van der Waals surface area contributed by atoms with E-state index in [2.05, 4.69) is 15.4 Å². The van der Waals surface area contributed by atoms with Crippen LogP contribution in [0.15, 0.2) is 47.4 Å². The Hall–Kier alpha value is -2.78. The Bertz CT molecular complexity index is 1040.